The van der Waals surface area contributed by atoms with E-state index in [-0.39, 0.29) is 29.9 Å². The van der Waals surface area contributed by atoms with Gasteiger partial charge in [0.2, 0.25) is 0 Å². The molecule has 0 saturated heterocycles. The van der Waals surface area contributed by atoms with Crippen molar-refractivity contribution in [3.63, 3.8) is 0 Å². The van der Waals surface area contributed by atoms with Gasteiger partial charge >= 0.3 is 0 Å². The van der Waals surface area contributed by atoms with Crippen LogP contribution >= 0.6 is 24.0 Å². The van der Waals surface area contributed by atoms with Crippen LogP contribution in [0.1, 0.15) is 27.0 Å². The minimum Gasteiger partial charge on any atom is -0.489 e. The summed E-state index contributed by atoms with van der Waals surface area (Å²) in [6, 6.07) is 25.7. The zero-order valence-electron chi connectivity index (χ0n) is 19.2. The molecule has 0 atom stereocenters. The lowest BCUT2D eigenvalue weighted by atomic mass is 10.1. The number of benzene rings is 3. The van der Waals surface area contributed by atoms with Crippen LogP contribution in [-0.4, -0.2) is 37.9 Å². The molecule has 0 unspecified atom stereocenters. The number of carbonyl (C=O) groups excluding carboxylic acids is 1. The lowest BCUT2D eigenvalue weighted by Crippen LogP contribution is -2.36. The first kappa shape index (κ1) is 26.2. The summed E-state index contributed by atoms with van der Waals surface area (Å²) < 4.78 is 5.84. The number of rotatable bonds is 8. The molecule has 3 rings (SSSR count). The van der Waals surface area contributed by atoms with Gasteiger partial charge in [-0.3, -0.25) is 9.79 Å². The van der Waals surface area contributed by atoms with Crippen LogP contribution in [0.3, 0.4) is 0 Å². The summed E-state index contributed by atoms with van der Waals surface area (Å²) in [7, 11) is 5.25. The van der Waals surface area contributed by atoms with Gasteiger partial charge in [0, 0.05) is 39.8 Å². The monoisotopic (exact) mass is 558 g/mol. The van der Waals surface area contributed by atoms with Crippen LogP contribution < -0.4 is 15.4 Å². The molecule has 0 radical (unpaired) electrons. The number of nitrogens with one attached hydrogen (secondary N) is 2. The molecule has 0 heterocycles. The summed E-state index contributed by atoms with van der Waals surface area (Å²) in [6.07, 6.45) is 0. The fourth-order valence-electron chi connectivity index (χ4n) is 3.13. The molecule has 0 aliphatic heterocycles. The van der Waals surface area contributed by atoms with E-state index in [0.717, 1.165) is 22.4 Å². The Labute approximate surface area is 213 Å². The van der Waals surface area contributed by atoms with E-state index in [9.17, 15) is 4.79 Å². The van der Waals surface area contributed by atoms with Crippen molar-refractivity contribution in [3.05, 3.63) is 101 Å². The summed E-state index contributed by atoms with van der Waals surface area (Å²) >= 11 is 0. The molecule has 3 aromatic rings. The molecular formula is C26H31IN4O2. The number of hydrogen-bond acceptors (Lipinski definition) is 3. The maximum Gasteiger partial charge on any atom is 0.253 e. The van der Waals surface area contributed by atoms with Gasteiger partial charge in [-0.15, -0.1) is 24.0 Å². The quantitative estimate of drug-likeness (QED) is 0.244. The second-order valence-electron chi connectivity index (χ2n) is 7.60. The average molecular weight is 558 g/mol. The summed E-state index contributed by atoms with van der Waals surface area (Å²) in [5.41, 5.74) is 4.01. The molecule has 2 N–H and O–H groups in total. The molecule has 6 nitrogen and oxygen atoms in total. The minimum atomic E-state index is -0.00150. The zero-order valence-corrected chi connectivity index (χ0v) is 21.6. The molecule has 0 aliphatic carbocycles. The Hall–Kier alpha value is -3.07. The van der Waals surface area contributed by atoms with E-state index in [1.807, 2.05) is 60.7 Å². The number of hydrogen-bond donors (Lipinski definition) is 2. The second-order valence-corrected chi connectivity index (χ2v) is 7.60. The van der Waals surface area contributed by atoms with Crippen LogP contribution in [0.15, 0.2) is 83.9 Å². The van der Waals surface area contributed by atoms with Crippen molar-refractivity contribution in [1.82, 2.24) is 15.5 Å². The third-order valence-electron chi connectivity index (χ3n) is 4.89. The van der Waals surface area contributed by atoms with Gasteiger partial charge in [0.15, 0.2) is 5.96 Å². The molecule has 1 amide bonds. The third-order valence-corrected chi connectivity index (χ3v) is 4.89. The summed E-state index contributed by atoms with van der Waals surface area (Å²) in [5.74, 6) is 1.57. The van der Waals surface area contributed by atoms with Crippen LogP contribution in [0.4, 0.5) is 0 Å². The van der Waals surface area contributed by atoms with E-state index >= 15 is 0 Å². The molecule has 0 fully saturated rings. The Bertz CT molecular complexity index is 1040. The smallest absolute Gasteiger partial charge is 0.253 e. The molecule has 0 aromatic heterocycles. The van der Waals surface area contributed by atoms with Gasteiger partial charge in [0.05, 0.1) is 0 Å². The summed E-state index contributed by atoms with van der Waals surface area (Å²) in [6.45, 7) is 1.79. The number of ether oxygens (including phenoxy) is 1. The van der Waals surface area contributed by atoms with Crippen molar-refractivity contribution in [2.45, 2.75) is 19.7 Å². The van der Waals surface area contributed by atoms with Gasteiger partial charge in [0.25, 0.3) is 5.91 Å². The first-order valence-corrected chi connectivity index (χ1v) is 10.6. The predicted octanol–water partition coefficient (Wildman–Crippen LogP) is 4.45. The molecule has 0 saturated carbocycles. The minimum absolute atomic E-state index is 0. The van der Waals surface area contributed by atoms with Crippen molar-refractivity contribution in [2.75, 3.05) is 21.1 Å². The van der Waals surface area contributed by atoms with Crippen LogP contribution in [-0.2, 0) is 19.7 Å². The number of aliphatic imine (C=N–C) groups is 1. The number of halogens is 1. The third kappa shape index (κ3) is 8.42. The van der Waals surface area contributed by atoms with Gasteiger partial charge in [-0.1, -0.05) is 54.6 Å². The first-order chi connectivity index (χ1) is 15.5. The van der Waals surface area contributed by atoms with Gasteiger partial charge in [0.1, 0.15) is 12.4 Å². The van der Waals surface area contributed by atoms with Crippen molar-refractivity contribution in [1.29, 1.82) is 0 Å². The van der Waals surface area contributed by atoms with Gasteiger partial charge in [-0.05, 0) is 41.0 Å². The largest absolute Gasteiger partial charge is 0.489 e. The number of nitrogens with zero attached hydrogens (tertiary/aromatic N) is 2. The normalized spacial score (nSPS) is 10.7. The Balaban J connectivity index is 0.00000385. The van der Waals surface area contributed by atoms with Crippen molar-refractivity contribution >= 4 is 35.8 Å². The van der Waals surface area contributed by atoms with Gasteiger partial charge in [-0.25, -0.2) is 0 Å². The fraction of sp³-hybridized carbons (Fsp3) is 0.231. The van der Waals surface area contributed by atoms with Crippen molar-refractivity contribution in [2.24, 2.45) is 4.99 Å². The van der Waals surface area contributed by atoms with Gasteiger partial charge < -0.3 is 20.3 Å². The highest BCUT2D eigenvalue weighted by atomic mass is 127. The number of guanidine groups is 1. The predicted molar refractivity (Wildman–Crippen MR) is 144 cm³/mol. The maximum absolute atomic E-state index is 12.0. The van der Waals surface area contributed by atoms with Crippen LogP contribution in [0.2, 0.25) is 0 Å². The molecule has 0 spiro atoms. The maximum atomic E-state index is 12.0. The zero-order chi connectivity index (χ0) is 22.8. The molecule has 174 valence electrons. The van der Waals surface area contributed by atoms with E-state index in [1.165, 1.54) is 0 Å². The van der Waals surface area contributed by atoms with E-state index in [2.05, 4.69) is 33.8 Å². The first-order valence-electron chi connectivity index (χ1n) is 10.6. The van der Waals surface area contributed by atoms with Crippen molar-refractivity contribution < 1.29 is 9.53 Å². The SMILES string of the molecule is CN=C(NCc1ccc(C(=O)N(C)C)cc1)NCc1cccc(COc2ccccc2)c1.I. The molecule has 3 aromatic carbocycles. The van der Waals surface area contributed by atoms with Crippen molar-refractivity contribution in [3.8, 4) is 5.75 Å². The highest BCUT2D eigenvalue weighted by Gasteiger charge is 2.07. The van der Waals surface area contributed by atoms with E-state index in [1.54, 1.807) is 26.0 Å². The number of amides is 1. The molecule has 7 heteroatoms. The van der Waals surface area contributed by atoms with E-state index in [0.29, 0.717) is 31.2 Å². The molecule has 0 aliphatic rings. The number of para-hydroxylation sites is 1. The Morgan fingerprint density at radius 2 is 1.48 bits per heavy atom. The van der Waals surface area contributed by atoms with Crippen LogP contribution in [0, 0.1) is 0 Å². The topological polar surface area (TPSA) is 66.0 Å². The van der Waals surface area contributed by atoms with Crippen LogP contribution in [0.5, 0.6) is 5.75 Å². The van der Waals surface area contributed by atoms with Crippen LogP contribution in [0.25, 0.3) is 0 Å². The highest BCUT2D eigenvalue weighted by Crippen LogP contribution is 2.13. The summed E-state index contributed by atoms with van der Waals surface area (Å²) in [5, 5.41) is 6.65. The fourth-order valence-corrected chi connectivity index (χ4v) is 3.13. The van der Waals surface area contributed by atoms with E-state index < -0.39 is 0 Å². The van der Waals surface area contributed by atoms with Gasteiger partial charge in [-0.2, -0.15) is 0 Å². The summed E-state index contributed by atoms with van der Waals surface area (Å²) in [4.78, 5) is 17.9. The highest BCUT2D eigenvalue weighted by molar-refractivity contribution is 14.0. The Morgan fingerprint density at radius 1 is 0.848 bits per heavy atom. The lowest BCUT2D eigenvalue weighted by Gasteiger charge is -2.14. The molecule has 33 heavy (non-hydrogen) atoms. The Kier molecular flexibility index (Phi) is 10.7. The molecular weight excluding hydrogens is 527 g/mol. The Morgan fingerprint density at radius 3 is 2.12 bits per heavy atom. The van der Waals surface area contributed by atoms with E-state index in [4.69, 9.17) is 4.74 Å². The lowest BCUT2D eigenvalue weighted by molar-refractivity contribution is 0.0827. The molecule has 0 bridgehead atoms. The average Bonchev–Trinajstić information content (AvgIpc) is 2.83. The number of carbonyl (C=O) groups is 1. The second kappa shape index (κ2) is 13.5. The standard InChI is InChI=1S/C26H30N4O2.HI/c1-27-26(28-17-20-12-14-23(15-13-20)25(31)30(2)3)29-18-21-8-7-9-22(16-21)19-32-24-10-5-4-6-11-24;/h4-16H,17-19H2,1-3H3,(H2,27,28,29);1H.